The number of hydrogen-bond donors (Lipinski definition) is 1. The van der Waals surface area contributed by atoms with Crippen molar-refractivity contribution in [2.45, 2.75) is 31.4 Å². The third-order valence-corrected chi connectivity index (χ3v) is 2.71. The van der Waals surface area contributed by atoms with Crippen LogP contribution < -0.4 is 5.73 Å². The predicted octanol–water partition coefficient (Wildman–Crippen LogP) is 1.23. The van der Waals surface area contributed by atoms with Gasteiger partial charge in [-0.05, 0) is 31.1 Å². The Bertz CT molecular complexity index is 132. The minimum absolute atomic E-state index is 0.231. The molecule has 52 valence electrons. The van der Waals surface area contributed by atoms with E-state index in [0.717, 1.165) is 12.8 Å². The van der Waals surface area contributed by atoms with Crippen molar-refractivity contribution in [1.29, 1.82) is 0 Å². The first-order chi connectivity index (χ1) is 4.18. The fourth-order valence-corrected chi connectivity index (χ4v) is 1.97. The summed E-state index contributed by atoms with van der Waals surface area (Å²) in [6, 6.07) is 0. The van der Waals surface area contributed by atoms with Gasteiger partial charge in [-0.3, -0.25) is 0 Å². The van der Waals surface area contributed by atoms with Crippen LogP contribution in [-0.2, 0) is 0 Å². The van der Waals surface area contributed by atoms with Crippen molar-refractivity contribution >= 4 is 0 Å². The number of rotatable bonds is 1. The van der Waals surface area contributed by atoms with Crippen molar-refractivity contribution in [2.75, 3.05) is 6.54 Å². The Kier molecular flexibility index (Phi) is 0.825. The Morgan fingerprint density at radius 2 is 1.89 bits per heavy atom. The monoisotopic (exact) mass is 129 g/mol. The fraction of sp³-hybridized carbons (Fsp3) is 1.00. The van der Waals surface area contributed by atoms with Crippen LogP contribution >= 0.6 is 0 Å². The van der Waals surface area contributed by atoms with Gasteiger partial charge in [0.2, 0.25) is 0 Å². The number of alkyl halides is 1. The van der Waals surface area contributed by atoms with Crippen LogP contribution in [0.1, 0.15) is 25.7 Å². The van der Waals surface area contributed by atoms with Gasteiger partial charge in [0.15, 0.2) is 0 Å². The van der Waals surface area contributed by atoms with Crippen LogP contribution in [-0.4, -0.2) is 12.2 Å². The molecule has 1 spiro atoms. The summed E-state index contributed by atoms with van der Waals surface area (Å²) >= 11 is 0. The van der Waals surface area contributed by atoms with Gasteiger partial charge >= 0.3 is 0 Å². The van der Waals surface area contributed by atoms with Crippen molar-refractivity contribution in [3.8, 4) is 0 Å². The number of halogens is 1. The van der Waals surface area contributed by atoms with E-state index >= 15 is 0 Å². The van der Waals surface area contributed by atoms with E-state index in [1.807, 2.05) is 0 Å². The maximum atomic E-state index is 13.0. The molecule has 0 aliphatic heterocycles. The van der Waals surface area contributed by atoms with E-state index in [2.05, 4.69) is 0 Å². The van der Waals surface area contributed by atoms with Gasteiger partial charge in [-0.2, -0.15) is 0 Å². The number of hydrogen-bond acceptors (Lipinski definition) is 1. The molecule has 0 saturated heterocycles. The van der Waals surface area contributed by atoms with E-state index in [1.54, 1.807) is 0 Å². The summed E-state index contributed by atoms with van der Waals surface area (Å²) in [6.07, 6.45) is 3.99. The van der Waals surface area contributed by atoms with E-state index < -0.39 is 5.67 Å². The zero-order valence-corrected chi connectivity index (χ0v) is 5.49. The molecule has 0 aromatic rings. The van der Waals surface area contributed by atoms with Gasteiger partial charge in [-0.1, -0.05) is 0 Å². The van der Waals surface area contributed by atoms with Crippen LogP contribution in [0.15, 0.2) is 0 Å². The minimum atomic E-state index is -0.962. The molecule has 1 nitrogen and oxygen atoms in total. The first-order valence-electron chi connectivity index (χ1n) is 3.57. The van der Waals surface area contributed by atoms with E-state index in [4.69, 9.17) is 5.73 Å². The van der Waals surface area contributed by atoms with E-state index in [9.17, 15) is 4.39 Å². The maximum Gasteiger partial charge on any atom is 0.124 e. The molecule has 9 heavy (non-hydrogen) atoms. The normalized spacial score (nSPS) is 34.0. The van der Waals surface area contributed by atoms with E-state index in [0.29, 0.717) is 5.41 Å². The Morgan fingerprint density at radius 3 is 2.22 bits per heavy atom. The second-order valence-electron chi connectivity index (χ2n) is 3.71. The summed E-state index contributed by atoms with van der Waals surface area (Å²) in [4.78, 5) is 0. The standard InChI is InChI=1S/C7H12FN/c8-7(5-9)3-6(4-7)1-2-6/h1-5,9H2. The molecule has 0 radical (unpaired) electrons. The Balaban J connectivity index is 1.95. The average molecular weight is 129 g/mol. The largest absolute Gasteiger partial charge is 0.328 e. The van der Waals surface area contributed by atoms with Crippen molar-refractivity contribution in [1.82, 2.24) is 0 Å². The molecule has 0 atom stereocenters. The van der Waals surface area contributed by atoms with Crippen molar-refractivity contribution in [3.63, 3.8) is 0 Å². The van der Waals surface area contributed by atoms with Gasteiger partial charge in [0.05, 0.1) is 0 Å². The third kappa shape index (κ3) is 0.692. The van der Waals surface area contributed by atoms with Crippen LogP contribution in [0.4, 0.5) is 4.39 Å². The molecule has 2 aliphatic rings. The quantitative estimate of drug-likeness (QED) is 0.566. The SMILES string of the molecule is NCC1(F)CC2(CC2)C1. The first-order valence-corrected chi connectivity index (χ1v) is 3.57. The lowest BCUT2D eigenvalue weighted by atomic mass is 9.69. The maximum absolute atomic E-state index is 13.0. The molecule has 0 aromatic carbocycles. The second kappa shape index (κ2) is 1.31. The Labute approximate surface area is 54.4 Å². The average Bonchev–Trinajstić information content (AvgIpc) is 2.46. The molecule has 2 N–H and O–H groups in total. The summed E-state index contributed by atoms with van der Waals surface area (Å²) in [5.41, 5.74) is 4.73. The molecule has 2 saturated carbocycles. The molecule has 2 heteroatoms. The zero-order chi connectivity index (χ0) is 6.54. The smallest absolute Gasteiger partial charge is 0.124 e. The molecule has 0 amide bonds. The highest BCUT2D eigenvalue weighted by Crippen LogP contribution is 2.65. The highest BCUT2D eigenvalue weighted by molar-refractivity contribution is 5.12. The van der Waals surface area contributed by atoms with E-state index in [-0.39, 0.29) is 6.54 Å². The second-order valence-corrected chi connectivity index (χ2v) is 3.71. The summed E-state index contributed by atoms with van der Waals surface area (Å²) < 4.78 is 13.0. The lowest BCUT2D eigenvalue weighted by Crippen LogP contribution is -2.46. The Morgan fingerprint density at radius 1 is 1.33 bits per heavy atom. The topological polar surface area (TPSA) is 26.0 Å². The summed E-state index contributed by atoms with van der Waals surface area (Å²) in [5, 5.41) is 0. The van der Waals surface area contributed by atoms with Crippen LogP contribution in [0.3, 0.4) is 0 Å². The molecule has 2 fully saturated rings. The molecular weight excluding hydrogens is 117 g/mol. The third-order valence-electron chi connectivity index (χ3n) is 2.71. The Hall–Kier alpha value is -0.110. The van der Waals surface area contributed by atoms with Crippen LogP contribution in [0, 0.1) is 5.41 Å². The molecule has 0 bridgehead atoms. The van der Waals surface area contributed by atoms with Crippen LogP contribution in [0.5, 0.6) is 0 Å². The van der Waals surface area contributed by atoms with Crippen molar-refractivity contribution in [3.05, 3.63) is 0 Å². The molecule has 2 aliphatic carbocycles. The van der Waals surface area contributed by atoms with Gasteiger partial charge in [0.25, 0.3) is 0 Å². The first kappa shape index (κ1) is 5.66. The molecule has 0 aromatic heterocycles. The highest BCUT2D eigenvalue weighted by Gasteiger charge is 2.60. The fourth-order valence-electron chi connectivity index (χ4n) is 1.97. The van der Waals surface area contributed by atoms with Gasteiger partial charge < -0.3 is 5.73 Å². The predicted molar refractivity (Wildman–Crippen MR) is 33.8 cm³/mol. The lowest BCUT2D eigenvalue weighted by molar-refractivity contribution is 0.000595. The summed E-state index contributed by atoms with van der Waals surface area (Å²) in [5.74, 6) is 0. The molecule has 0 heterocycles. The minimum Gasteiger partial charge on any atom is -0.328 e. The molecule has 0 unspecified atom stereocenters. The zero-order valence-electron chi connectivity index (χ0n) is 5.49. The molecular formula is C7H12FN. The van der Waals surface area contributed by atoms with E-state index in [1.165, 1.54) is 12.8 Å². The van der Waals surface area contributed by atoms with Crippen molar-refractivity contribution < 1.29 is 4.39 Å². The van der Waals surface area contributed by atoms with Crippen molar-refractivity contribution in [2.24, 2.45) is 11.1 Å². The van der Waals surface area contributed by atoms with Gasteiger partial charge in [-0.15, -0.1) is 0 Å². The molecule has 2 rings (SSSR count). The lowest BCUT2D eigenvalue weighted by Gasteiger charge is -2.41. The highest BCUT2D eigenvalue weighted by atomic mass is 19.1. The summed E-state index contributed by atoms with van der Waals surface area (Å²) in [6.45, 7) is 0.231. The number of nitrogens with two attached hydrogens (primary N) is 1. The van der Waals surface area contributed by atoms with Crippen LogP contribution in [0.25, 0.3) is 0 Å². The summed E-state index contributed by atoms with van der Waals surface area (Å²) in [7, 11) is 0. The van der Waals surface area contributed by atoms with Gasteiger partial charge in [0, 0.05) is 6.54 Å². The van der Waals surface area contributed by atoms with Crippen LogP contribution in [0.2, 0.25) is 0 Å². The van der Waals surface area contributed by atoms with Gasteiger partial charge in [-0.25, -0.2) is 4.39 Å². The van der Waals surface area contributed by atoms with Gasteiger partial charge in [0.1, 0.15) is 5.67 Å².